The average molecular weight is 452 g/mol. The van der Waals surface area contributed by atoms with Crippen molar-refractivity contribution in [2.75, 3.05) is 7.11 Å². The minimum atomic E-state index is -0.179. The molecule has 0 aliphatic heterocycles. The van der Waals surface area contributed by atoms with Crippen molar-refractivity contribution in [3.8, 4) is 5.75 Å². The Morgan fingerprint density at radius 3 is 2.66 bits per heavy atom. The van der Waals surface area contributed by atoms with E-state index < -0.39 is 0 Å². The van der Waals surface area contributed by atoms with Crippen LogP contribution in [0.3, 0.4) is 0 Å². The van der Waals surface area contributed by atoms with Crippen LogP contribution in [0.2, 0.25) is 0 Å². The molecule has 3 atom stereocenters. The molecule has 1 saturated carbocycles. The average Bonchev–Trinajstić information content (AvgIpc) is 2.79. The van der Waals surface area contributed by atoms with Crippen molar-refractivity contribution in [3.05, 3.63) is 68.7 Å². The monoisotopic (exact) mass is 451 g/mol. The number of carbonyl (C=O) groups excluding carboxylic acids is 1. The minimum Gasteiger partial charge on any atom is -0.497 e. The fourth-order valence-electron chi connectivity index (χ4n) is 4.49. The molecule has 2 aromatic carbocycles. The number of rotatable bonds is 5. The maximum Gasteiger partial charge on any atom is 0.262 e. The molecule has 1 aromatic heterocycles. The Bertz CT molecular complexity index is 1250. The first-order chi connectivity index (χ1) is 15.4. The van der Waals surface area contributed by atoms with Gasteiger partial charge in [-0.1, -0.05) is 38.8 Å². The predicted molar refractivity (Wildman–Crippen MR) is 129 cm³/mol. The number of nitrogens with one attached hydrogen (secondary N) is 2. The molecule has 2 N–H and O–H groups in total. The number of aromatic amines is 1. The molecule has 1 aliphatic rings. The number of fused-ring (bicyclic) bond motifs is 1. The van der Waals surface area contributed by atoms with Crippen LogP contribution in [0.1, 0.15) is 49.0 Å². The van der Waals surface area contributed by atoms with E-state index in [9.17, 15) is 9.59 Å². The first-order valence-corrected chi connectivity index (χ1v) is 11.5. The highest BCUT2D eigenvalue weighted by Gasteiger charge is 2.28. The van der Waals surface area contributed by atoms with E-state index in [-0.39, 0.29) is 17.5 Å². The number of hydrogen-bond donors (Lipinski definition) is 2. The summed E-state index contributed by atoms with van der Waals surface area (Å²) < 4.78 is 7.04. The zero-order valence-electron chi connectivity index (χ0n) is 18.7. The fourth-order valence-corrected chi connectivity index (χ4v) is 4.75. The Morgan fingerprint density at radius 2 is 1.94 bits per heavy atom. The van der Waals surface area contributed by atoms with E-state index in [0.29, 0.717) is 39.6 Å². The molecule has 3 unspecified atom stereocenters. The molecule has 1 heterocycles. The lowest BCUT2D eigenvalue weighted by Gasteiger charge is -2.34. The van der Waals surface area contributed by atoms with Crippen molar-refractivity contribution < 1.29 is 9.53 Å². The number of benzene rings is 2. The second-order valence-corrected chi connectivity index (χ2v) is 9.16. The van der Waals surface area contributed by atoms with Crippen LogP contribution in [0.5, 0.6) is 5.75 Å². The van der Waals surface area contributed by atoms with Gasteiger partial charge in [-0.2, -0.15) is 0 Å². The molecule has 1 fully saturated rings. The smallest absolute Gasteiger partial charge is 0.262 e. The maximum absolute atomic E-state index is 13.1. The zero-order chi connectivity index (χ0) is 22.8. The third kappa shape index (κ3) is 4.48. The fraction of sp³-hybridized carbons (Fsp3) is 0.400. The topological polar surface area (TPSA) is 76.1 Å². The molecule has 32 heavy (non-hydrogen) atoms. The summed E-state index contributed by atoms with van der Waals surface area (Å²) >= 11 is 5.47. The van der Waals surface area contributed by atoms with Crippen molar-refractivity contribution in [2.45, 2.75) is 45.7 Å². The van der Waals surface area contributed by atoms with E-state index in [2.05, 4.69) is 24.1 Å². The molecule has 4 rings (SSSR count). The van der Waals surface area contributed by atoms with Gasteiger partial charge in [-0.15, -0.1) is 0 Å². The zero-order valence-corrected chi connectivity index (χ0v) is 19.5. The van der Waals surface area contributed by atoms with Crippen LogP contribution in [0, 0.1) is 16.6 Å². The van der Waals surface area contributed by atoms with Crippen LogP contribution < -0.4 is 15.6 Å². The summed E-state index contributed by atoms with van der Waals surface area (Å²) in [7, 11) is 1.62. The predicted octanol–water partition coefficient (Wildman–Crippen LogP) is 4.67. The molecule has 0 saturated heterocycles. The highest BCUT2D eigenvalue weighted by molar-refractivity contribution is 7.71. The molecule has 0 radical (unpaired) electrons. The lowest BCUT2D eigenvalue weighted by atomic mass is 9.78. The van der Waals surface area contributed by atoms with E-state index in [1.165, 1.54) is 11.0 Å². The number of hydrogen-bond acceptors (Lipinski definition) is 4. The number of ether oxygens (including phenoxy) is 1. The molecule has 1 aliphatic carbocycles. The van der Waals surface area contributed by atoms with Crippen molar-refractivity contribution in [2.24, 2.45) is 11.8 Å². The molecule has 1 amide bonds. The summed E-state index contributed by atoms with van der Waals surface area (Å²) in [5, 5.41) is 3.69. The lowest BCUT2D eigenvalue weighted by molar-refractivity contribution is 0.0891. The molecule has 7 heteroatoms. The maximum atomic E-state index is 13.1. The Kier molecular flexibility index (Phi) is 6.46. The van der Waals surface area contributed by atoms with Crippen LogP contribution in [-0.4, -0.2) is 28.6 Å². The van der Waals surface area contributed by atoms with Gasteiger partial charge in [-0.05, 0) is 66.4 Å². The second-order valence-electron chi connectivity index (χ2n) is 8.78. The normalized spacial score (nSPS) is 20.8. The summed E-state index contributed by atoms with van der Waals surface area (Å²) in [4.78, 5) is 29.1. The van der Waals surface area contributed by atoms with Crippen LogP contribution in [-0.2, 0) is 6.54 Å². The van der Waals surface area contributed by atoms with Gasteiger partial charge in [0, 0.05) is 11.6 Å². The van der Waals surface area contributed by atoms with Gasteiger partial charge >= 0.3 is 0 Å². The number of nitrogens with zero attached hydrogens (tertiary/aromatic N) is 1. The number of aromatic nitrogens is 2. The summed E-state index contributed by atoms with van der Waals surface area (Å²) in [5.41, 5.74) is 1.87. The van der Waals surface area contributed by atoms with Gasteiger partial charge in [0.2, 0.25) is 0 Å². The Balaban J connectivity index is 1.59. The summed E-state index contributed by atoms with van der Waals surface area (Å²) in [6.07, 6.45) is 3.35. The molecule has 0 spiro atoms. The SMILES string of the molecule is COc1ccc(Cn2c(=S)[nH]c3cc(C(=O)NC4CCCC(C)C4C)ccc3c2=O)cc1. The van der Waals surface area contributed by atoms with E-state index in [4.69, 9.17) is 17.0 Å². The Morgan fingerprint density at radius 1 is 1.19 bits per heavy atom. The largest absolute Gasteiger partial charge is 0.497 e. The van der Waals surface area contributed by atoms with Crippen molar-refractivity contribution >= 4 is 29.0 Å². The van der Waals surface area contributed by atoms with Crippen molar-refractivity contribution in [1.29, 1.82) is 0 Å². The third-order valence-corrected chi connectivity index (χ3v) is 7.09. The summed E-state index contributed by atoms with van der Waals surface area (Å²) in [5.74, 6) is 1.70. The molecule has 168 valence electrons. The number of methoxy groups -OCH3 is 1. The quantitative estimate of drug-likeness (QED) is 0.553. The van der Waals surface area contributed by atoms with Crippen LogP contribution in [0.4, 0.5) is 0 Å². The minimum absolute atomic E-state index is 0.112. The Hall–Kier alpha value is -2.93. The first-order valence-electron chi connectivity index (χ1n) is 11.1. The van der Waals surface area contributed by atoms with E-state index in [1.807, 2.05) is 24.3 Å². The molecule has 6 nitrogen and oxygen atoms in total. The molecule has 0 bridgehead atoms. The van der Waals surface area contributed by atoms with E-state index in [0.717, 1.165) is 24.2 Å². The van der Waals surface area contributed by atoms with Gasteiger partial charge in [0.15, 0.2) is 4.77 Å². The molecular weight excluding hydrogens is 422 g/mol. The van der Waals surface area contributed by atoms with Crippen LogP contribution in [0.25, 0.3) is 10.9 Å². The second kappa shape index (κ2) is 9.28. The Labute approximate surface area is 192 Å². The van der Waals surface area contributed by atoms with Crippen molar-refractivity contribution in [3.63, 3.8) is 0 Å². The van der Waals surface area contributed by atoms with Gasteiger partial charge in [0.05, 0.1) is 24.6 Å². The van der Waals surface area contributed by atoms with Gasteiger partial charge in [0.25, 0.3) is 11.5 Å². The first kappa shape index (κ1) is 22.3. The number of H-pyrrole nitrogens is 1. The number of carbonyl (C=O) groups is 1. The number of amides is 1. The summed E-state index contributed by atoms with van der Waals surface area (Å²) in [6.45, 7) is 4.81. The van der Waals surface area contributed by atoms with Crippen molar-refractivity contribution in [1.82, 2.24) is 14.9 Å². The van der Waals surface area contributed by atoms with Gasteiger partial charge in [0.1, 0.15) is 5.75 Å². The van der Waals surface area contributed by atoms with Crippen LogP contribution in [0.15, 0.2) is 47.3 Å². The third-order valence-electron chi connectivity index (χ3n) is 6.77. The standard InChI is InChI=1S/C25H29N3O3S/c1-15-5-4-6-21(16(15)2)26-23(29)18-9-12-20-22(13-18)27-25(32)28(24(20)30)14-17-7-10-19(31-3)11-8-17/h7-13,15-16,21H,4-6,14H2,1-3H3,(H,26,29)(H,27,32). The van der Waals surface area contributed by atoms with E-state index >= 15 is 0 Å². The van der Waals surface area contributed by atoms with Gasteiger partial charge in [-0.25, -0.2) is 0 Å². The highest BCUT2D eigenvalue weighted by Crippen LogP contribution is 2.29. The lowest BCUT2D eigenvalue weighted by Crippen LogP contribution is -2.43. The van der Waals surface area contributed by atoms with E-state index in [1.54, 1.807) is 25.3 Å². The summed E-state index contributed by atoms with van der Waals surface area (Å²) in [6, 6.07) is 12.8. The van der Waals surface area contributed by atoms with Gasteiger partial charge in [-0.3, -0.25) is 14.2 Å². The van der Waals surface area contributed by atoms with Gasteiger partial charge < -0.3 is 15.0 Å². The highest BCUT2D eigenvalue weighted by atomic mass is 32.1. The molecule has 3 aromatic rings. The van der Waals surface area contributed by atoms with Crippen LogP contribution >= 0.6 is 12.2 Å². The molecular formula is C25H29N3O3S.